The first-order valence-corrected chi connectivity index (χ1v) is 9.59. The average Bonchev–Trinajstić information content (AvgIpc) is 3.05. The fraction of sp³-hybridized carbons (Fsp3) is 0.421. The molecule has 0 radical (unpaired) electrons. The molecule has 0 spiro atoms. The number of fused-ring (bicyclic) bond motifs is 1. The lowest BCUT2D eigenvalue weighted by atomic mass is 9.94. The lowest BCUT2D eigenvalue weighted by Gasteiger charge is -2.25. The smallest absolute Gasteiger partial charge is 0.257 e. The third kappa shape index (κ3) is 4.62. The van der Waals surface area contributed by atoms with Gasteiger partial charge in [-0.25, -0.2) is 0 Å². The third-order valence-electron chi connectivity index (χ3n) is 4.80. The Hall–Kier alpha value is -2.05. The SMILES string of the molecule is CC(=O)NC[C@H]1CCn2ncc(C(=O)N(C)Cc3ccc(Cl)c(Cl)c3)c2C1. The van der Waals surface area contributed by atoms with Crippen LogP contribution in [0, 0.1) is 5.92 Å². The van der Waals surface area contributed by atoms with Crippen molar-refractivity contribution >= 4 is 35.0 Å². The van der Waals surface area contributed by atoms with E-state index in [1.165, 1.54) is 6.92 Å². The highest BCUT2D eigenvalue weighted by Crippen LogP contribution is 2.25. The van der Waals surface area contributed by atoms with Crippen LogP contribution in [-0.4, -0.2) is 40.1 Å². The Bertz CT molecular complexity index is 865. The van der Waals surface area contributed by atoms with Crippen LogP contribution < -0.4 is 5.32 Å². The van der Waals surface area contributed by atoms with Gasteiger partial charge in [-0.2, -0.15) is 5.10 Å². The summed E-state index contributed by atoms with van der Waals surface area (Å²) >= 11 is 12.0. The first-order valence-electron chi connectivity index (χ1n) is 8.83. The van der Waals surface area contributed by atoms with Crippen LogP contribution in [0.1, 0.15) is 35.0 Å². The molecule has 1 aromatic carbocycles. The Morgan fingerprint density at radius 2 is 2.11 bits per heavy atom. The van der Waals surface area contributed by atoms with Gasteiger partial charge in [0.1, 0.15) is 0 Å². The van der Waals surface area contributed by atoms with Crippen molar-refractivity contribution in [2.75, 3.05) is 13.6 Å². The highest BCUT2D eigenvalue weighted by atomic mass is 35.5. The van der Waals surface area contributed by atoms with Crippen LogP contribution in [-0.2, 0) is 24.3 Å². The van der Waals surface area contributed by atoms with E-state index in [4.69, 9.17) is 23.2 Å². The van der Waals surface area contributed by atoms with Crippen LogP contribution in [0.2, 0.25) is 10.0 Å². The molecular formula is C19H22Cl2N4O2. The normalized spacial score (nSPS) is 15.9. The number of aryl methyl sites for hydroxylation is 1. The molecule has 144 valence electrons. The number of hydrogen-bond acceptors (Lipinski definition) is 3. The van der Waals surface area contributed by atoms with E-state index in [1.807, 2.05) is 10.7 Å². The topological polar surface area (TPSA) is 67.2 Å². The highest BCUT2D eigenvalue weighted by molar-refractivity contribution is 6.42. The second kappa shape index (κ2) is 8.31. The summed E-state index contributed by atoms with van der Waals surface area (Å²) in [5.74, 6) is 0.194. The number of aromatic nitrogens is 2. The van der Waals surface area contributed by atoms with E-state index in [2.05, 4.69) is 10.4 Å². The summed E-state index contributed by atoms with van der Waals surface area (Å²) in [6.07, 6.45) is 3.30. The molecule has 0 saturated heterocycles. The number of rotatable bonds is 5. The molecule has 8 heteroatoms. The molecule has 0 aliphatic carbocycles. The number of amides is 2. The predicted octanol–water partition coefficient (Wildman–Crippen LogP) is 3.16. The maximum absolute atomic E-state index is 13.0. The summed E-state index contributed by atoms with van der Waals surface area (Å²) in [7, 11) is 1.76. The van der Waals surface area contributed by atoms with Crippen LogP contribution >= 0.6 is 23.2 Å². The molecule has 6 nitrogen and oxygen atoms in total. The van der Waals surface area contributed by atoms with Gasteiger partial charge in [-0.15, -0.1) is 0 Å². The van der Waals surface area contributed by atoms with Gasteiger partial charge in [-0.3, -0.25) is 14.3 Å². The minimum atomic E-state index is -0.0810. The van der Waals surface area contributed by atoms with Gasteiger partial charge in [0.2, 0.25) is 5.91 Å². The Morgan fingerprint density at radius 1 is 1.33 bits per heavy atom. The zero-order valence-electron chi connectivity index (χ0n) is 15.3. The first kappa shape index (κ1) is 19.7. The molecule has 27 heavy (non-hydrogen) atoms. The quantitative estimate of drug-likeness (QED) is 0.825. The molecule has 1 aliphatic rings. The number of nitrogens with one attached hydrogen (secondary N) is 1. The Morgan fingerprint density at radius 3 is 2.81 bits per heavy atom. The number of halogens is 2. The largest absolute Gasteiger partial charge is 0.356 e. The Kier molecular flexibility index (Phi) is 6.07. The lowest BCUT2D eigenvalue weighted by Crippen LogP contribution is -2.33. The third-order valence-corrected chi connectivity index (χ3v) is 5.54. The van der Waals surface area contributed by atoms with Crippen molar-refractivity contribution in [1.82, 2.24) is 20.0 Å². The van der Waals surface area contributed by atoms with Crippen LogP contribution in [0.3, 0.4) is 0 Å². The van der Waals surface area contributed by atoms with Crippen LogP contribution in [0.15, 0.2) is 24.4 Å². The van der Waals surface area contributed by atoms with E-state index >= 15 is 0 Å². The van der Waals surface area contributed by atoms with Crippen molar-refractivity contribution in [2.24, 2.45) is 5.92 Å². The van der Waals surface area contributed by atoms with Crippen LogP contribution in [0.4, 0.5) is 0 Å². The van der Waals surface area contributed by atoms with E-state index < -0.39 is 0 Å². The zero-order valence-corrected chi connectivity index (χ0v) is 16.8. The van der Waals surface area contributed by atoms with Gasteiger partial charge in [-0.05, 0) is 36.5 Å². The van der Waals surface area contributed by atoms with Crippen LogP contribution in [0.25, 0.3) is 0 Å². The summed E-state index contributed by atoms with van der Waals surface area (Å²) in [6.45, 7) is 3.31. The second-order valence-corrected chi connectivity index (χ2v) is 7.75. The van der Waals surface area contributed by atoms with Gasteiger partial charge in [0.15, 0.2) is 0 Å². The summed E-state index contributed by atoms with van der Waals surface area (Å²) in [5, 5.41) is 8.19. The van der Waals surface area contributed by atoms with Gasteiger partial charge in [0.25, 0.3) is 5.91 Å². The van der Waals surface area contributed by atoms with Gasteiger partial charge in [0.05, 0.1) is 27.5 Å². The number of nitrogens with zero attached hydrogens (tertiary/aromatic N) is 3. The second-order valence-electron chi connectivity index (χ2n) is 6.93. The molecule has 2 aromatic rings. The summed E-state index contributed by atoms with van der Waals surface area (Å²) < 4.78 is 1.89. The summed E-state index contributed by atoms with van der Waals surface area (Å²) in [4.78, 5) is 25.8. The van der Waals surface area contributed by atoms with Crippen molar-refractivity contribution in [1.29, 1.82) is 0 Å². The maximum Gasteiger partial charge on any atom is 0.257 e. The average molecular weight is 409 g/mol. The summed E-state index contributed by atoms with van der Waals surface area (Å²) in [6, 6.07) is 5.35. The maximum atomic E-state index is 13.0. The monoisotopic (exact) mass is 408 g/mol. The molecule has 0 saturated carbocycles. The van der Waals surface area contributed by atoms with E-state index in [9.17, 15) is 9.59 Å². The fourth-order valence-electron chi connectivity index (χ4n) is 3.33. The number of carbonyl (C=O) groups excluding carboxylic acids is 2. The lowest BCUT2D eigenvalue weighted by molar-refractivity contribution is -0.119. The van der Waals surface area contributed by atoms with Crippen LogP contribution in [0.5, 0.6) is 0 Å². The van der Waals surface area contributed by atoms with Crippen molar-refractivity contribution in [2.45, 2.75) is 32.9 Å². The molecule has 0 unspecified atom stereocenters. The predicted molar refractivity (Wildman–Crippen MR) is 105 cm³/mol. The van der Waals surface area contributed by atoms with Crippen molar-refractivity contribution in [3.8, 4) is 0 Å². The van der Waals surface area contributed by atoms with Gasteiger partial charge >= 0.3 is 0 Å². The van der Waals surface area contributed by atoms with Crippen molar-refractivity contribution in [3.05, 3.63) is 51.3 Å². The minimum Gasteiger partial charge on any atom is -0.356 e. The van der Waals surface area contributed by atoms with E-state index in [1.54, 1.807) is 30.3 Å². The molecule has 1 N–H and O–H groups in total. The number of hydrogen-bond donors (Lipinski definition) is 1. The Balaban J connectivity index is 1.71. The molecular weight excluding hydrogens is 387 g/mol. The van der Waals surface area contributed by atoms with E-state index in [0.717, 1.165) is 30.6 Å². The zero-order chi connectivity index (χ0) is 19.6. The molecule has 1 aromatic heterocycles. The van der Waals surface area contributed by atoms with Gasteiger partial charge < -0.3 is 10.2 Å². The first-order chi connectivity index (χ1) is 12.8. The van der Waals surface area contributed by atoms with Crippen molar-refractivity contribution in [3.63, 3.8) is 0 Å². The van der Waals surface area contributed by atoms with Gasteiger partial charge in [0, 0.05) is 33.6 Å². The number of carbonyl (C=O) groups is 2. The van der Waals surface area contributed by atoms with Crippen molar-refractivity contribution < 1.29 is 9.59 Å². The number of benzene rings is 1. The fourth-order valence-corrected chi connectivity index (χ4v) is 3.65. The summed E-state index contributed by atoms with van der Waals surface area (Å²) in [5.41, 5.74) is 2.46. The van der Waals surface area contributed by atoms with E-state index in [-0.39, 0.29) is 11.8 Å². The molecule has 0 bridgehead atoms. The van der Waals surface area contributed by atoms with Gasteiger partial charge in [-0.1, -0.05) is 29.3 Å². The molecule has 1 aliphatic heterocycles. The Labute approximate surface area is 168 Å². The van der Waals surface area contributed by atoms with E-state index in [0.29, 0.717) is 34.6 Å². The standard InChI is InChI=1S/C19H22Cl2N4O2/c1-12(26)22-9-13-5-6-25-18(8-13)15(10-23-25)19(27)24(2)11-14-3-4-16(20)17(21)7-14/h3-4,7,10,13H,5-6,8-9,11H2,1-2H3,(H,22,26)/t13-/m0/s1. The minimum absolute atomic E-state index is 0.0354. The molecule has 2 heterocycles. The molecule has 3 rings (SSSR count). The molecule has 0 fully saturated rings. The molecule has 1 atom stereocenters. The highest BCUT2D eigenvalue weighted by Gasteiger charge is 2.26. The molecule has 2 amide bonds.